The van der Waals surface area contributed by atoms with Crippen LogP contribution in [0.25, 0.3) is 0 Å². The summed E-state index contributed by atoms with van der Waals surface area (Å²) in [4.78, 5) is 10.5. The van der Waals surface area contributed by atoms with Crippen LogP contribution >= 0.6 is 24.0 Å². The van der Waals surface area contributed by atoms with Crippen molar-refractivity contribution in [1.29, 1.82) is 0 Å². The Morgan fingerprint density at radius 1 is 1.70 bits per heavy atom. The van der Waals surface area contributed by atoms with Crippen LogP contribution in [0.2, 0.25) is 0 Å². The molecule has 10 heavy (non-hydrogen) atoms. The van der Waals surface area contributed by atoms with Gasteiger partial charge >= 0.3 is 5.97 Å². The molecule has 58 valence electrons. The Hall–Kier alpha value is -0.0900. The Morgan fingerprint density at radius 2 is 2.30 bits per heavy atom. The molecule has 0 fully saturated rings. The Balaban J connectivity index is 3.35. The molecule has 0 atom stereocenters. The number of esters is 1. The fourth-order valence-electron chi connectivity index (χ4n) is 0.300. The lowest BCUT2D eigenvalue weighted by atomic mass is 10.6. The molecule has 0 saturated heterocycles. The van der Waals surface area contributed by atoms with E-state index in [2.05, 4.69) is 4.74 Å². The van der Waals surface area contributed by atoms with Gasteiger partial charge in [0, 0.05) is 4.20 Å². The molecule has 0 spiro atoms. The number of rotatable bonds is 3. The van der Waals surface area contributed by atoms with Gasteiger partial charge in [-0.15, -0.1) is 11.8 Å². The van der Waals surface area contributed by atoms with Crippen molar-refractivity contribution in [3.63, 3.8) is 0 Å². The third-order valence-electron chi connectivity index (χ3n) is 0.867. The molecule has 0 unspecified atom stereocenters. The zero-order chi connectivity index (χ0) is 7.98. The van der Waals surface area contributed by atoms with Crippen molar-refractivity contribution in [3.8, 4) is 0 Å². The van der Waals surface area contributed by atoms with Gasteiger partial charge in [-0.25, -0.2) is 0 Å². The van der Waals surface area contributed by atoms with Crippen LogP contribution in [0.3, 0.4) is 0 Å². The molecule has 0 aliphatic heterocycles. The molecule has 0 aliphatic rings. The Kier molecular flexibility index (Phi) is 5.63. The molecule has 2 nitrogen and oxygen atoms in total. The maximum Gasteiger partial charge on any atom is 0.316 e. The number of thiocarbonyl (C=S) groups is 1. The summed E-state index contributed by atoms with van der Waals surface area (Å²) in [7, 11) is 1.37. The zero-order valence-electron chi connectivity index (χ0n) is 6.05. The van der Waals surface area contributed by atoms with Gasteiger partial charge in [0.2, 0.25) is 0 Å². The van der Waals surface area contributed by atoms with Crippen LogP contribution < -0.4 is 0 Å². The van der Waals surface area contributed by atoms with Gasteiger partial charge in [-0.1, -0.05) is 19.1 Å². The minimum Gasteiger partial charge on any atom is -0.468 e. The van der Waals surface area contributed by atoms with Gasteiger partial charge in [-0.3, -0.25) is 4.79 Å². The van der Waals surface area contributed by atoms with Gasteiger partial charge in [0.25, 0.3) is 0 Å². The Bertz CT molecular complexity index is 118. The average molecular weight is 178 g/mol. The van der Waals surface area contributed by atoms with E-state index in [9.17, 15) is 4.79 Å². The highest BCUT2D eigenvalue weighted by molar-refractivity contribution is 8.23. The number of methoxy groups -OCH3 is 1. The molecule has 0 bridgehead atoms. The number of thioether (sulfide) groups is 1. The summed E-state index contributed by atoms with van der Waals surface area (Å²) in [6.45, 7) is 1.96. The fraction of sp³-hybridized carbons (Fsp3) is 0.667. The molecular weight excluding hydrogens is 168 g/mol. The summed E-state index contributed by atoms with van der Waals surface area (Å²) in [5.74, 6) is 0.115. The van der Waals surface area contributed by atoms with Crippen molar-refractivity contribution in [1.82, 2.24) is 0 Å². The van der Waals surface area contributed by atoms with Gasteiger partial charge in [0.15, 0.2) is 0 Å². The van der Waals surface area contributed by atoms with Gasteiger partial charge in [0.05, 0.1) is 12.9 Å². The molecule has 4 heteroatoms. The average Bonchev–Trinajstić information content (AvgIpc) is 1.99. The van der Waals surface area contributed by atoms with Crippen LogP contribution in [0.5, 0.6) is 0 Å². The Morgan fingerprint density at radius 3 is 2.70 bits per heavy atom. The van der Waals surface area contributed by atoms with Crippen LogP contribution in [-0.2, 0) is 9.53 Å². The van der Waals surface area contributed by atoms with Crippen LogP contribution in [0, 0.1) is 0 Å². The van der Waals surface area contributed by atoms with Crippen LogP contribution in [0.4, 0.5) is 0 Å². The molecule has 0 aromatic heterocycles. The molecule has 0 heterocycles. The van der Waals surface area contributed by atoms with E-state index >= 15 is 0 Å². The summed E-state index contributed by atoms with van der Waals surface area (Å²) in [6, 6.07) is 0. The third-order valence-corrected chi connectivity index (χ3v) is 2.50. The largest absolute Gasteiger partial charge is 0.468 e. The lowest BCUT2D eigenvalue weighted by Crippen LogP contribution is -2.04. The van der Waals surface area contributed by atoms with Crippen molar-refractivity contribution >= 4 is 34.1 Å². The van der Waals surface area contributed by atoms with Gasteiger partial charge in [-0.05, 0) is 6.42 Å². The fourth-order valence-corrected chi connectivity index (χ4v) is 1.08. The minimum atomic E-state index is -0.221. The normalized spacial score (nSPS) is 9.00. The predicted octanol–water partition coefficient (Wildman–Crippen LogP) is 1.63. The maximum absolute atomic E-state index is 10.5. The molecule has 0 N–H and O–H groups in total. The maximum atomic E-state index is 10.5. The van der Waals surface area contributed by atoms with Gasteiger partial charge < -0.3 is 4.74 Å². The number of carbonyl (C=O) groups is 1. The van der Waals surface area contributed by atoms with Crippen molar-refractivity contribution in [2.75, 3.05) is 12.9 Å². The highest BCUT2D eigenvalue weighted by Crippen LogP contribution is 2.06. The summed E-state index contributed by atoms with van der Waals surface area (Å²) < 4.78 is 5.28. The van der Waals surface area contributed by atoms with Crippen LogP contribution in [0.15, 0.2) is 0 Å². The first-order valence-corrected chi connectivity index (χ1v) is 4.32. The highest BCUT2D eigenvalue weighted by Gasteiger charge is 2.01. The van der Waals surface area contributed by atoms with Crippen LogP contribution in [-0.4, -0.2) is 23.0 Å². The second-order valence-electron chi connectivity index (χ2n) is 1.59. The topological polar surface area (TPSA) is 26.3 Å². The van der Waals surface area contributed by atoms with E-state index in [1.165, 1.54) is 18.9 Å². The van der Waals surface area contributed by atoms with Crippen LogP contribution in [0.1, 0.15) is 13.3 Å². The monoisotopic (exact) mass is 178 g/mol. The molecule has 0 amide bonds. The first-order chi connectivity index (χ1) is 4.70. The molecule has 0 aromatic rings. The van der Waals surface area contributed by atoms with E-state index in [4.69, 9.17) is 12.2 Å². The smallest absolute Gasteiger partial charge is 0.316 e. The van der Waals surface area contributed by atoms with Gasteiger partial charge in [-0.2, -0.15) is 0 Å². The SMILES string of the molecule is CCC(=S)SCC(=O)OC. The van der Waals surface area contributed by atoms with E-state index in [0.717, 1.165) is 10.6 Å². The molecular formula is C6H10O2S2. The summed E-state index contributed by atoms with van der Waals surface area (Å²) in [5, 5.41) is 0. The number of ether oxygens (including phenoxy) is 1. The molecule has 0 aliphatic carbocycles. The second kappa shape index (κ2) is 5.68. The Labute approximate surface area is 70.3 Å². The van der Waals surface area contributed by atoms with Crippen molar-refractivity contribution in [2.24, 2.45) is 0 Å². The van der Waals surface area contributed by atoms with Crippen molar-refractivity contribution in [3.05, 3.63) is 0 Å². The lowest BCUT2D eigenvalue weighted by Gasteiger charge is -1.97. The highest BCUT2D eigenvalue weighted by atomic mass is 32.2. The molecule has 0 rings (SSSR count). The number of hydrogen-bond acceptors (Lipinski definition) is 4. The standard InChI is InChI=1S/C6H10O2S2/c1-3-6(9)10-4-5(7)8-2/h3-4H2,1-2H3. The van der Waals surface area contributed by atoms with E-state index in [1.54, 1.807) is 0 Å². The van der Waals surface area contributed by atoms with E-state index < -0.39 is 0 Å². The third kappa shape index (κ3) is 4.76. The minimum absolute atomic E-state index is 0.221. The molecule has 0 aromatic carbocycles. The molecule has 0 radical (unpaired) electrons. The number of carbonyl (C=O) groups excluding carboxylic acids is 1. The predicted molar refractivity (Wildman–Crippen MR) is 47.4 cm³/mol. The van der Waals surface area contributed by atoms with E-state index in [-0.39, 0.29) is 5.97 Å². The lowest BCUT2D eigenvalue weighted by molar-refractivity contribution is -0.137. The second-order valence-corrected chi connectivity index (χ2v) is 3.41. The number of hydrogen-bond donors (Lipinski definition) is 0. The van der Waals surface area contributed by atoms with Crippen molar-refractivity contribution < 1.29 is 9.53 Å². The summed E-state index contributed by atoms with van der Waals surface area (Å²) >= 11 is 6.24. The first-order valence-electron chi connectivity index (χ1n) is 2.93. The summed E-state index contributed by atoms with van der Waals surface area (Å²) in [6.07, 6.45) is 0.830. The first kappa shape index (κ1) is 9.91. The van der Waals surface area contributed by atoms with E-state index in [0.29, 0.717) is 5.75 Å². The van der Waals surface area contributed by atoms with Gasteiger partial charge in [0.1, 0.15) is 0 Å². The molecule has 0 saturated carbocycles. The quantitative estimate of drug-likeness (QED) is 0.484. The van der Waals surface area contributed by atoms with Crippen molar-refractivity contribution in [2.45, 2.75) is 13.3 Å². The summed E-state index contributed by atoms with van der Waals surface area (Å²) in [5.41, 5.74) is 0. The van der Waals surface area contributed by atoms with E-state index in [1.807, 2.05) is 6.92 Å². The zero-order valence-corrected chi connectivity index (χ0v) is 7.68.